The molecule has 0 aliphatic heterocycles. The number of para-hydroxylation sites is 1. The zero-order valence-corrected chi connectivity index (χ0v) is 8.83. The van der Waals surface area contributed by atoms with Gasteiger partial charge < -0.3 is 4.74 Å². The van der Waals surface area contributed by atoms with E-state index in [0.717, 1.165) is 6.07 Å². The van der Waals surface area contributed by atoms with Crippen molar-refractivity contribution in [2.45, 2.75) is 0 Å². The van der Waals surface area contributed by atoms with Gasteiger partial charge in [-0.25, -0.2) is 0 Å². The summed E-state index contributed by atoms with van der Waals surface area (Å²) in [5.41, 5.74) is -0.238. The molecule has 7 heteroatoms. The van der Waals surface area contributed by atoms with Gasteiger partial charge in [-0.3, -0.25) is 0 Å². The Labute approximate surface area is 88.9 Å². The van der Waals surface area contributed by atoms with Gasteiger partial charge in [-0.05, 0) is 18.1 Å². The van der Waals surface area contributed by atoms with Crippen LogP contribution < -0.4 is 4.74 Å². The lowest BCUT2D eigenvalue weighted by atomic mass is 10.2. The fraction of sp³-hybridized carbons (Fsp3) is 0.111. The number of hydrogen-bond acceptors (Lipinski definition) is 1. The Morgan fingerprint density at radius 2 is 1.62 bits per heavy atom. The van der Waals surface area contributed by atoms with E-state index in [0.29, 0.717) is 0 Å². The van der Waals surface area contributed by atoms with Crippen molar-refractivity contribution in [1.82, 2.24) is 0 Å². The molecule has 0 saturated carbocycles. The Kier molecular flexibility index (Phi) is 2.40. The molecule has 1 nitrogen and oxygen atoms in total. The third-order valence-corrected chi connectivity index (χ3v) is 1.97. The number of methoxy groups -OCH3 is 1. The Balaban J connectivity index is 3.23. The zero-order valence-electron chi connectivity index (χ0n) is 8.02. The molecule has 0 aliphatic carbocycles. The first-order valence-electron chi connectivity index (χ1n) is 3.92. The smallest absolute Gasteiger partial charge is 0.345 e. The maximum absolute atomic E-state index is 11.9. The lowest BCUT2D eigenvalue weighted by Crippen LogP contribution is -2.00. The van der Waals surface area contributed by atoms with Crippen LogP contribution in [0.3, 0.4) is 0 Å². The summed E-state index contributed by atoms with van der Waals surface area (Å²) in [5, 5.41) is 0.120. The van der Waals surface area contributed by atoms with Gasteiger partial charge in [0.05, 0.1) is 17.9 Å². The van der Waals surface area contributed by atoms with Crippen LogP contribution in [0.5, 0.6) is 5.75 Å². The number of halogens is 5. The van der Waals surface area contributed by atoms with Crippen LogP contribution in [0.15, 0.2) is 24.3 Å². The molecule has 1 rings (SSSR count). The molecular formula is C9H7F5OS. The third-order valence-electron chi connectivity index (χ3n) is 1.49. The summed E-state index contributed by atoms with van der Waals surface area (Å²) in [7, 11) is -8.48. The van der Waals surface area contributed by atoms with Crippen LogP contribution in [0.2, 0.25) is 0 Å². The molecule has 1 aromatic carbocycles. The van der Waals surface area contributed by atoms with Crippen molar-refractivity contribution in [3.05, 3.63) is 29.8 Å². The van der Waals surface area contributed by atoms with E-state index in [1.807, 2.05) is 0 Å². The van der Waals surface area contributed by atoms with Gasteiger partial charge in [-0.2, -0.15) is 0 Å². The van der Waals surface area contributed by atoms with Gasteiger partial charge in [0.1, 0.15) is 5.75 Å². The fourth-order valence-corrected chi connectivity index (χ4v) is 1.20. The number of ether oxygens (including phenoxy) is 1. The van der Waals surface area contributed by atoms with E-state index in [9.17, 15) is 19.4 Å². The van der Waals surface area contributed by atoms with Crippen molar-refractivity contribution < 1.29 is 24.2 Å². The number of rotatable bonds is 1. The molecule has 0 unspecified atom stereocenters. The molecule has 0 heterocycles. The molecular weight excluding hydrogens is 251 g/mol. The van der Waals surface area contributed by atoms with E-state index in [2.05, 4.69) is 4.74 Å². The Bertz CT molecular complexity index is 467. The lowest BCUT2D eigenvalue weighted by molar-refractivity contribution is 0.389. The van der Waals surface area contributed by atoms with Crippen LogP contribution >= 0.6 is 10.2 Å². The minimum absolute atomic E-state index is 0.0110. The predicted octanol–water partition coefficient (Wildman–Crippen LogP) is 4.30. The summed E-state index contributed by atoms with van der Waals surface area (Å²) in [5.74, 6) is 1.40. The first kappa shape index (κ1) is 12.6. The molecule has 0 aromatic heterocycles. The molecule has 16 heavy (non-hydrogen) atoms. The monoisotopic (exact) mass is 258 g/mol. The Morgan fingerprint density at radius 3 is 2.12 bits per heavy atom. The second-order valence-electron chi connectivity index (χ2n) is 2.90. The first-order valence-corrected chi connectivity index (χ1v) is 5.87. The van der Waals surface area contributed by atoms with Crippen LogP contribution in [0.25, 0.3) is 0 Å². The van der Waals surface area contributed by atoms with Crippen LogP contribution in [-0.4, -0.2) is 7.11 Å². The second-order valence-corrected chi connectivity index (χ2v) is 5.04. The zero-order chi connectivity index (χ0) is 12.5. The summed E-state index contributed by atoms with van der Waals surface area (Å²) in [6.07, 6.45) is 0. The van der Waals surface area contributed by atoms with E-state index in [-0.39, 0.29) is 16.6 Å². The standard InChI is InChI=1S/C9H7F5OS/c1-15-9-5-3-2-4-8(9)6-7-16(10,11,12,13)14/h2-5H,1H3. The number of benzene rings is 1. The molecule has 0 amide bonds. The summed E-state index contributed by atoms with van der Waals surface area (Å²) < 4.78 is 64.3. The van der Waals surface area contributed by atoms with Crippen LogP contribution in [0.4, 0.5) is 19.4 Å². The molecule has 0 spiro atoms. The topological polar surface area (TPSA) is 9.23 Å². The van der Waals surface area contributed by atoms with Crippen molar-refractivity contribution in [2.24, 2.45) is 0 Å². The average molecular weight is 258 g/mol. The molecule has 0 bridgehead atoms. The van der Waals surface area contributed by atoms with E-state index in [4.69, 9.17) is 0 Å². The maximum Gasteiger partial charge on any atom is 0.345 e. The second kappa shape index (κ2) is 3.04. The highest BCUT2D eigenvalue weighted by molar-refractivity contribution is 8.49. The van der Waals surface area contributed by atoms with Gasteiger partial charge in [0, 0.05) is 0 Å². The highest BCUT2D eigenvalue weighted by Gasteiger charge is 2.62. The van der Waals surface area contributed by atoms with Gasteiger partial charge in [0.25, 0.3) is 0 Å². The summed E-state index contributed by atoms with van der Waals surface area (Å²) >= 11 is 0. The van der Waals surface area contributed by atoms with Crippen LogP contribution in [-0.2, 0) is 0 Å². The Morgan fingerprint density at radius 1 is 1.06 bits per heavy atom. The summed E-state index contributed by atoms with van der Waals surface area (Å²) in [4.78, 5) is 0. The highest BCUT2D eigenvalue weighted by Crippen LogP contribution is 2.97. The summed E-state index contributed by atoms with van der Waals surface area (Å²) in [6.45, 7) is 0. The maximum atomic E-state index is 11.9. The largest absolute Gasteiger partial charge is 0.495 e. The van der Waals surface area contributed by atoms with E-state index in [1.165, 1.54) is 31.2 Å². The third kappa shape index (κ3) is 4.40. The van der Waals surface area contributed by atoms with Gasteiger partial charge in [-0.15, -0.1) is 0 Å². The molecule has 0 aliphatic rings. The van der Waals surface area contributed by atoms with Crippen LogP contribution in [0.1, 0.15) is 5.56 Å². The van der Waals surface area contributed by atoms with E-state index in [1.54, 1.807) is 0 Å². The minimum atomic E-state index is -9.68. The molecule has 0 radical (unpaired) electrons. The molecule has 0 saturated heterocycles. The van der Waals surface area contributed by atoms with Crippen molar-refractivity contribution >= 4 is 10.2 Å². The lowest BCUT2D eigenvalue weighted by Gasteiger charge is -2.33. The van der Waals surface area contributed by atoms with Gasteiger partial charge in [0.2, 0.25) is 0 Å². The van der Waals surface area contributed by atoms with Crippen molar-refractivity contribution in [1.29, 1.82) is 0 Å². The molecule has 0 fully saturated rings. The minimum Gasteiger partial charge on any atom is -0.495 e. The molecule has 90 valence electrons. The van der Waals surface area contributed by atoms with Crippen molar-refractivity contribution in [3.63, 3.8) is 0 Å². The van der Waals surface area contributed by atoms with E-state index < -0.39 is 10.2 Å². The van der Waals surface area contributed by atoms with Gasteiger partial charge >= 0.3 is 10.2 Å². The summed E-state index contributed by atoms with van der Waals surface area (Å²) in [6, 6.07) is 5.35. The molecule has 0 atom stereocenters. The fourth-order valence-electron chi connectivity index (χ4n) is 0.899. The van der Waals surface area contributed by atoms with Crippen molar-refractivity contribution in [3.8, 4) is 16.9 Å². The number of hydrogen-bond donors (Lipinski definition) is 0. The average Bonchev–Trinajstić information content (AvgIpc) is 2.12. The molecule has 0 N–H and O–H groups in total. The molecule has 1 aromatic rings. The van der Waals surface area contributed by atoms with Gasteiger partial charge in [0.15, 0.2) is 0 Å². The first-order chi connectivity index (χ1) is 7.00. The van der Waals surface area contributed by atoms with Crippen molar-refractivity contribution in [2.75, 3.05) is 7.11 Å². The normalized spacial score (nSPS) is 15.4. The highest BCUT2D eigenvalue weighted by atomic mass is 32.5. The quantitative estimate of drug-likeness (QED) is 0.539. The van der Waals surface area contributed by atoms with Crippen LogP contribution in [0, 0.1) is 11.2 Å². The van der Waals surface area contributed by atoms with Gasteiger partial charge in [-0.1, -0.05) is 31.6 Å². The predicted molar refractivity (Wildman–Crippen MR) is 53.0 cm³/mol. The SMILES string of the molecule is COc1ccccc1C#CS(F)(F)(F)(F)F. The Hall–Kier alpha value is -1.42. The van der Waals surface area contributed by atoms with E-state index >= 15 is 0 Å².